The average Bonchev–Trinajstić information content (AvgIpc) is 2.93. The Bertz CT molecular complexity index is 1270. The monoisotopic (exact) mass is 522 g/mol. The Kier molecular flexibility index (Phi) is 9.00. The molecule has 0 aliphatic carbocycles. The molecule has 2 unspecified atom stereocenters. The van der Waals surface area contributed by atoms with Crippen molar-refractivity contribution in [3.8, 4) is 11.5 Å². The molecule has 0 aromatic heterocycles. The maximum Gasteiger partial charge on any atom is 0.265 e. The molecule has 4 rings (SSSR count). The van der Waals surface area contributed by atoms with Gasteiger partial charge in [-0.2, -0.15) is 0 Å². The van der Waals surface area contributed by atoms with E-state index in [2.05, 4.69) is 10.6 Å². The number of carbonyl (C=O) groups is 2. The third kappa shape index (κ3) is 8.20. The number of anilines is 2. The van der Waals surface area contributed by atoms with Crippen LogP contribution in [0.2, 0.25) is 0 Å². The lowest BCUT2D eigenvalue weighted by Gasteiger charge is -2.15. The Labute approximate surface area is 230 Å². The van der Waals surface area contributed by atoms with Gasteiger partial charge in [-0.05, 0) is 93.8 Å². The van der Waals surface area contributed by atoms with Gasteiger partial charge in [-0.25, -0.2) is 0 Å². The fourth-order valence-corrected chi connectivity index (χ4v) is 3.88. The van der Waals surface area contributed by atoms with Gasteiger partial charge in [0.2, 0.25) is 0 Å². The van der Waals surface area contributed by atoms with E-state index in [0.717, 1.165) is 28.7 Å². The molecule has 0 saturated heterocycles. The first-order chi connectivity index (χ1) is 18.7. The van der Waals surface area contributed by atoms with Gasteiger partial charge in [0.1, 0.15) is 11.5 Å². The first kappa shape index (κ1) is 27.5. The maximum absolute atomic E-state index is 12.5. The number of nitrogens with one attached hydrogen (secondary N) is 2. The van der Waals surface area contributed by atoms with E-state index in [1.54, 1.807) is 13.8 Å². The van der Waals surface area contributed by atoms with Crippen LogP contribution >= 0.6 is 0 Å². The van der Waals surface area contributed by atoms with Gasteiger partial charge in [0.05, 0.1) is 0 Å². The fourth-order valence-electron chi connectivity index (χ4n) is 3.88. The van der Waals surface area contributed by atoms with Crippen molar-refractivity contribution in [2.45, 2.75) is 46.3 Å². The van der Waals surface area contributed by atoms with E-state index in [9.17, 15) is 9.59 Å². The zero-order chi connectivity index (χ0) is 27.8. The summed E-state index contributed by atoms with van der Waals surface area (Å²) in [5, 5.41) is 5.80. The summed E-state index contributed by atoms with van der Waals surface area (Å²) in [6, 6.07) is 30.7. The molecule has 2 N–H and O–H groups in total. The van der Waals surface area contributed by atoms with Crippen molar-refractivity contribution in [1.82, 2.24) is 0 Å². The van der Waals surface area contributed by atoms with Crippen LogP contribution in [0.4, 0.5) is 11.4 Å². The second-order valence-electron chi connectivity index (χ2n) is 9.70. The predicted octanol–water partition coefficient (Wildman–Crippen LogP) is 6.71. The minimum atomic E-state index is -0.622. The van der Waals surface area contributed by atoms with Crippen LogP contribution in [0.1, 0.15) is 36.1 Å². The number of carbonyl (C=O) groups excluding carboxylic acids is 2. The number of benzene rings is 4. The molecule has 0 spiro atoms. The Hall–Kier alpha value is -4.58. The summed E-state index contributed by atoms with van der Waals surface area (Å²) in [7, 11) is 0. The molecule has 2 atom stereocenters. The van der Waals surface area contributed by atoms with Gasteiger partial charge in [0.25, 0.3) is 11.8 Å². The summed E-state index contributed by atoms with van der Waals surface area (Å²) in [6.45, 7) is 7.47. The van der Waals surface area contributed by atoms with Crippen molar-refractivity contribution < 1.29 is 19.1 Å². The Morgan fingerprint density at radius 1 is 0.564 bits per heavy atom. The quantitative estimate of drug-likeness (QED) is 0.243. The average molecular weight is 523 g/mol. The van der Waals surface area contributed by atoms with Crippen LogP contribution in [0.15, 0.2) is 97.1 Å². The second kappa shape index (κ2) is 12.8. The van der Waals surface area contributed by atoms with E-state index in [0.29, 0.717) is 22.9 Å². The van der Waals surface area contributed by atoms with Crippen LogP contribution in [0, 0.1) is 13.8 Å². The molecule has 0 bridgehead atoms. The van der Waals surface area contributed by atoms with E-state index in [-0.39, 0.29) is 11.8 Å². The molecule has 4 aromatic rings. The van der Waals surface area contributed by atoms with Crippen LogP contribution in [-0.2, 0) is 16.0 Å². The smallest absolute Gasteiger partial charge is 0.265 e. The first-order valence-corrected chi connectivity index (χ1v) is 13.0. The lowest BCUT2D eigenvalue weighted by molar-refractivity contribution is -0.122. The van der Waals surface area contributed by atoms with E-state index < -0.39 is 12.2 Å². The highest BCUT2D eigenvalue weighted by molar-refractivity contribution is 5.94. The van der Waals surface area contributed by atoms with Gasteiger partial charge in [-0.1, -0.05) is 59.7 Å². The third-order valence-electron chi connectivity index (χ3n) is 6.26. The summed E-state index contributed by atoms with van der Waals surface area (Å²) < 4.78 is 11.5. The molecule has 0 aliphatic heterocycles. The number of aryl methyl sites for hydroxylation is 2. The highest BCUT2D eigenvalue weighted by Gasteiger charge is 2.16. The van der Waals surface area contributed by atoms with Crippen molar-refractivity contribution in [3.05, 3.63) is 119 Å². The minimum Gasteiger partial charge on any atom is -0.481 e. The lowest BCUT2D eigenvalue weighted by atomic mass is 10.0. The maximum atomic E-state index is 12.5. The molecule has 0 fully saturated rings. The molecule has 0 saturated carbocycles. The van der Waals surface area contributed by atoms with Gasteiger partial charge < -0.3 is 20.1 Å². The molecule has 0 heterocycles. The Balaban J connectivity index is 1.25. The number of rotatable bonds is 10. The van der Waals surface area contributed by atoms with Crippen LogP contribution in [0.25, 0.3) is 0 Å². The summed E-state index contributed by atoms with van der Waals surface area (Å²) in [5.41, 5.74) is 5.90. The van der Waals surface area contributed by atoms with Gasteiger partial charge in [-0.15, -0.1) is 0 Å². The third-order valence-corrected chi connectivity index (χ3v) is 6.26. The molecule has 0 aliphatic rings. The van der Waals surface area contributed by atoms with Gasteiger partial charge in [0.15, 0.2) is 12.2 Å². The van der Waals surface area contributed by atoms with E-state index in [1.165, 1.54) is 0 Å². The van der Waals surface area contributed by atoms with Crippen molar-refractivity contribution in [2.75, 3.05) is 10.6 Å². The Morgan fingerprint density at radius 3 is 1.23 bits per heavy atom. The molecule has 6 nitrogen and oxygen atoms in total. The van der Waals surface area contributed by atoms with Crippen LogP contribution in [0.3, 0.4) is 0 Å². The SMILES string of the molecule is Cc1ccc(OC(C)C(=O)Nc2ccc(Cc3ccc(NC(=O)C(C)Oc4ccc(C)cc4)cc3)cc2)cc1. The summed E-state index contributed by atoms with van der Waals surface area (Å²) in [4.78, 5) is 25.1. The number of hydrogen-bond donors (Lipinski definition) is 2. The van der Waals surface area contributed by atoms with Crippen molar-refractivity contribution >= 4 is 23.2 Å². The van der Waals surface area contributed by atoms with E-state index in [4.69, 9.17) is 9.47 Å². The molecule has 200 valence electrons. The molecule has 2 amide bonds. The number of amides is 2. The summed E-state index contributed by atoms with van der Waals surface area (Å²) in [5.74, 6) is 0.905. The molecule has 6 heteroatoms. The normalized spacial score (nSPS) is 12.2. The zero-order valence-electron chi connectivity index (χ0n) is 22.7. The molecule has 39 heavy (non-hydrogen) atoms. The van der Waals surface area contributed by atoms with Crippen LogP contribution < -0.4 is 20.1 Å². The summed E-state index contributed by atoms with van der Waals surface area (Å²) in [6.07, 6.45) is -0.519. The Morgan fingerprint density at radius 2 is 0.897 bits per heavy atom. The van der Waals surface area contributed by atoms with Crippen molar-refractivity contribution in [3.63, 3.8) is 0 Å². The van der Waals surface area contributed by atoms with Gasteiger partial charge in [0, 0.05) is 11.4 Å². The standard InChI is InChI=1S/C33H34N2O4/c1-22-5-17-30(18-6-22)38-24(3)32(36)34-28-13-9-26(10-14-28)21-27-11-15-29(16-12-27)35-33(37)25(4)39-31-19-7-23(2)8-20-31/h5-20,24-25H,21H2,1-4H3,(H,34,36)(H,35,37). The van der Waals surface area contributed by atoms with Crippen LogP contribution in [-0.4, -0.2) is 24.0 Å². The molecular formula is C33H34N2O4. The fraction of sp³-hybridized carbons (Fsp3) is 0.212. The molecule has 4 aromatic carbocycles. The predicted molar refractivity (Wildman–Crippen MR) is 155 cm³/mol. The number of hydrogen-bond acceptors (Lipinski definition) is 4. The van der Waals surface area contributed by atoms with Crippen molar-refractivity contribution in [2.24, 2.45) is 0 Å². The number of ether oxygens (including phenoxy) is 2. The van der Waals surface area contributed by atoms with Gasteiger partial charge >= 0.3 is 0 Å². The second-order valence-corrected chi connectivity index (χ2v) is 9.70. The zero-order valence-corrected chi connectivity index (χ0v) is 22.7. The largest absolute Gasteiger partial charge is 0.481 e. The van der Waals surface area contributed by atoms with Gasteiger partial charge in [-0.3, -0.25) is 9.59 Å². The highest BCUT2D eigenvalue weighted by Crippen LogP contribution is 2.19. The van der Waals surface area contributed by atoms with Crippen LogP contribution in [0.5, 0.6) is 11.5 Å². The summed E-state index contributed by atoms with van der Waals surface area (Å²) >= 11 is 0. The topological polar surface area (TPSA) is 76.7 Å². The molecule has 0 radical (unpaired) electrons. The molecular weight excluding hydrogens is 488 g/mol. The van der Waals surface area contributed by atoms with E-state index >= 15 is 0 Å². The van der Waals surface area contributed by atoms with Crippen molar-refractivity contribution in [1.29, 1.82) is 0 Å². The first-order valence-electron chi connectivity index (χ1n) is 13.0. The lowest BCUT2D eigenvalue weighted by Crippen LogP contribution is -2.30. The minimum absolute atomic E-state index is 0.209. The van der Waals surface area contributed by atoms with E-state index in [1.807, 2.05) is 111 Å². The highest BCUT2D eigenvalue weighted by atomic mass is 16.5.